The van der Waals surface area contributed by atoms with Gasteiger partial charge in [-0.3, -0.25) is 4.57 Å². The molecule has 0 aliphatic carbocycles. The molecule has 0 saturated carbocycles. The van der Waals surface area contributed by atoms with Crippen LogP contribution in [0.25, 0.3) is 106 Å². The van der Waals surface area contributed by atoms with Gasteiger partial charge in [-0.2, -0.15) is 0 Å². The van der Waals surface area contributed by atoms with Gasteiger partial charge in [-0.1, -0.05) is 182 Å². The lowest BCUT2D eigenvalue weighted by atomic mass is 9.98. The third-order valence-corrected chi connectivity index (χ3v) is 11.0. The average molecular weight is 754 g/mol. The number of aromatic nitrogens is 5. The number of nitrogens with zero attached hydrogens (tertiary/aromatic N) is 5. The first-order chi connectivity index (χ1) is 29.2. The highest BCUT2D eigenvalue weighted by Crippen LogP contribution is 2.40. The maximum absolute atomic E-state index is 5.45. The maximum atomic E-state index is 5.45. The summed E-state index contributed by atoms with van der Waals surface area (Å²) in [6, 6.07) is 73.6. The maximum Gasteiger partial charge on any atom is 0.160 e. The van der Waals surface area contributed by atoms with Gasteiger partial charge in [0.15, 0.2) is 5.82 Å². The van der Waals surface area contributed by atoms with Crippen LogP contribution in [0.15, 0.2) is 212 Å². The Hall–Kier alpha value is -8.02. The molecule has 0 amide bonds. The highest BCUT2D eigenvalue weighted by Gasteiger charge is 2.21. The molecule has 0 radical (unpaired) electrons. The Morgan fingerprint density at radius 2 is 0.847 bits per heavy atom. The number of rotatable bonds is 7. The second-order valence-corrected chi connectivity index (χ2v) is 14.7. The van der Waals surface area contributed by atoms with Crippen LogP contribution >= 0.6 is 0 Å². The van der Waals surface area contributed by atoms with E-state index in [1.807, 2.05) is 42.5 Å². The monoisotopic (exact) mass is 753 g/mol. The molecule has 5 heteroatoms. The van der Waals surface area contributed by atoms with Gasteiger partial charge in [-0.25, -0.2) is 19.9 Å². The van der Waals surface area contributed by atoms with Crippen molar-refractivity contribution in [3.8, 4) is 73.4 Å². The van der Waals surface area contributed by atoms with E-state index in [0.29, 0.717) is 5.82 Å². The Morgan fingerprint density at radius 3 is 1.53 bits per heavy atom. The van der Waals surface area contributed by atoms with Crippen molar-refractivity contribution >= 4 is 32.7 Å². The highest BCUT2D eigenvalue weighted by atomic mass is 15.1. The minimum Gasteiger partial charge on any atom is -0.292 e. The Morgan fingerprint density at radius 1 is 0.339 bits per heavy atom. The van der Waals surface area contributed by atoms with Crippen LogP contribution in [-0.2, 0) is 0 Å². The van der Waals surface area contributed by atoms with Gasteiger partial charge < -0.3 is 0 Å². The quantitative estimate of drug-likeness (QED) is 0.152. The number of para-hydroxylation sites is 2. The zero-order valence-corrected chi connectivity index (χ0v) is 31.9. The molecule has 0 saturated heterocycles. The van der Waals surface area contributed by atoms with Crippen molar-refractivity contribution in [2.45, 2.75) is 0 Å². The lowest BCUT2D eigenvalue weighted by Gasteiger charge is -2.13. The fourth-order valence-electron chi connectivity index (χ4n) is 8.13. The van der Waals surface area contributed by atoms with Crippen molar-refractivity contribution in [2.24, 2.45) is 0 Å². The average Bonchev–Trinajstić information content (AvgIpc) is 3.72. The van der Waals surface area contributed by atoms with Gasteiger partial charge in [0.1, 0.15) is 5.82 Å². The summed E-state index contributed by atoms with van der Waals surface area (Å²) in [4.78, 5) is 21.1. The van der Waals surface area contributed by atoms with E-state index in [0.717, 1.165) is 94.7 Å². The van der Waals surface area contributed by atoms with Crippen LogP contribution in [0.5, 0.6) is 0 Å². The lowest BCUT2D eigenvalue weighted by Crippen LogP contribution is -1.97. The van der Waals surface area contributed by atoms with Gasteiger partial charge in [-0.05, 0) is 46.8 Å². The fourth-order valence-corrected chi connectivity index (χ4v) is 8.13. The predicted molar refractivity (Wildman–Crippen MR) is 242 cm³/mol. The standard InChI is InChI=1S/C54H35N5/c1-5-15-36(16-6-1)37-25-27-39(28-26-37)48-35-47(38-17-7-2-8-18-38)56-53(57-48)41-31-29-40(30-32-41)51-50-45(44-23-13-14-24-46(44)55-51)33-34-49-52(50)58-54(42-19-9-3-10-20-42)59(49)43-21-11-4-12-22-43/h1-35H. The van der Waals surface area contributed by atoms with Gasteiger partial charge in [0.05, 0.1) is 33.6 Å². The molecule has 0 unspecified atom stereocenters. The van der Waals surface area contributed by atoms with E-state index in [2.05, 4.69) is 174 Å². The number of benzene rings is 8. The number of hydrogen-bond acceptors (Lipinski definition) is 4. The summed E-state index contributed by atoms with van der Waals surface area (Å²) in [5.74, 6) is 1.54. The van der Waals surface area contributed by atoms with Gasteiger partial charge >= 0.3 is 0 Å². The Bertz CT molecular complexity index is 3270. The number of pyridine rings is 1. The molecule has 11 rings (SSSR count). The van der Waals surface area contributed by atoms with Crippen LogP contribution in [0.1, 0.15) is 0 Å². The minimum atomic E-state index is 0.660. The molecular weight excluding hydrogens is 719 g/mol. The first-order valence-electron chi connectivity index (χ1n) is 19.8. The second-order valence-electron chi connectivity index (χ2n) is 14.7. The normalized spacial score (nSPS) is 11.4. The molecule has 0 bridgehead atoms. The number of hydrogen-bond donors (Lipinski definition) is 0. The molecule has 3 heterocycles. The highest BCUT2D eigenvalue weighted by molar-refractivity contribution is 6.20. The fraction of sp³-hybridized carbons (Fsp3) is 0. The number of fused-ring (bicyclic) bond motifs is 5. The Labute approximate surface area is 341 Å². The molecule has 8 aromatic carbocycles. The Kier molecular flexibility index (Phi) is 8.41. The van der Waals surface area contributed by atoms with E-state index in [9.17, 15) is 0 Å². The smallest absolute Gasteiger partial charge is 0.160 e. The van der Waals surface area contributed by atoms with Crippen molar-refractivity contribution in [2.75, 3.05) is 0 Å². The van der Waals surface area contributed by atoms with E-state index < -0.39 is 0 Å². The van der Waals surface area contributed by atoms with Crippen LogP contribution < -0.4 is 0 Å². The van der Waals surface area contributed by atoms with Crippen molar-refractivity contribution in [3.05, 3.63) is 212 Å². The number of imidazole rings is 1. The first-order valence-corrected chi connectivity index (χ1v) is 19.8. The van der Waals surface area contributed by atoms with E-state index in [4.69, 9.17) is 19.9 Å². The summed E-state index contributed by atoms with van der Waals surface area (Å²) in [7, 11) is 0. The van der Waals surface area contributed by atoms with Crippen molar-refractivity contribution < 1.29 is 0 Å². The van der Waals surface area contributed by atoms with E-state index in [1.165, 1.54) is 5.56 Å². The third-order valence-electron chi connectivity index (χ3n) is 11.0. The molecule has 0 atom stereocenters. The van der Waals surface area contributed by atoms with Crippen LogP contribution in [0, 0.1) is 0 Å². The zero-order chi connectivity index (χ0) is 39.1. The third kappa shape index (κ3) is 6.22. The van der Waals surface area contributed by atoms with Crippen LogP contribution in [0.4, 0.5) is 0 Å². The first kappa shape index (κ1) is 34.2. The molecule has 0 N–H and O–H groups in total. The molecule has 0 aliphatic rings. The van der Waals surface area contributed by atoms with Crippen LogP contribution in [0.3, 0.4) is 0 Å². The summed E-state index contributed by atoms with van der Waals surface area (Å²) in [6.45, 7) is 0. The second kappa shape index (κ2) is 14.5. The summed E-state index contributed by atoms with van der Waals surface area (Å²) in [5, 5.41) is 3.22. The molecule has 276 valence electrons. The largest absolute Gasteiger partial charge is 0.292 e. The molecular formula is C54H35N5. The molecule has 5 nitrogen and oxygen atoms in total. The van der Waals surface area contributed by atoms with E-state index in [-0.39, 0.29) is 0 Å². The Balaban J connectivity index is 1.07. The van der Waals surface area contributed by atoms with Crippen LogP contribution in [-0.4, -0.2) is 24.5 Å². The predicted octanol–water partition coefficient (Wildman–Crippen LogP) is 13.5. The molecule has 11 aromatic rings. The van der Waals surface area contributed by atoms with Gasteiger partial charge in [0, 0.05) is 44.3 Å². The molecule has 0 aliphatic heterocycles. The van der Waals surface area contributed by atoms with Crippen molar-refractivity contribution in [3.63, 3.8) is 0 Å². The molecule has 0 fully saturated rings. The molecule has 3 aromatic heterocycles. The van der Waals surface area contributed by atoms with Crippen molar-refractivity contribution in [1.29, 1.82) is 0 Å². The molecule has 0 spiro atoms. The van der Waals surface area contributed by atoms with Crippen LogP contribution in [0.2, 0.25) is 0 Å². The molecule has 59 heavy (non-hydrogen) atoms. The van der Waals surface area contributed by atoms with E-state index >= 15 is 0 Å². The zero-order valence-electron chi connectivity index (χ0n) is 31.9. The topological polar surface area (TPSA) is 56.5 Å². The summed E-state index contributed by atoms with van der Waals surface area (Å²) in [6.07, 6.45) is 0. The summed E-state index contributed by atoms with van der Waals surface area (Å²) < 4.78 is 2.26. The van der Waals surface area contributed by atoms with Crippen molar-refractivity contribution in [1.82, 2.24) is 24.5 Å². The van der Waals surface area contributed by atoms with E-state index in [1.54, 1.807) is 0 Å². The van der Waals surface area contributed by atoms with Gasteiger partial charge in [0.25, 0.3) is 0 Å². The minimum absolute atomic E-state index is 0.660. The van der Waals surface area contributed by atoms with Gasteiger partial charge in [0.2, 0.25) is 0 Å². The SMILES string of the molecule is c1ccc(-c2ccc(-c3cc(-c4ccccc4)nc(-c4ccc(-c5nc6ccccc6c6ccc7c(nc(-c8ccccc8)n7-c7ccccc7)c56)cc4)n3)cc2)cc1. The summed E-state index contributed by atoms with van der Waals surface area (Å²) >= 11 is 0. The van der Waals surface area contributed by atoms with Gasteiger partial charge in [-0.15, -0.1) is 0 Å². The summed E-state index contributed by atoms with van der Waals surface area (Å²) in [5.41, 5.74) is 13.9. The lowest BCUT2D eigenvalue weighted by molar-refractivity contribution is 1.10.